The van der Waals surface area contributed by atoms with Crippen LogP contribution in [0.5, 0.6) is 0 Å². The topological polar surface area (TPSA) is 119 Å². The first-order valence-corrected chi connectivity index (χ1v) is 10.0. The van der Waals surface area contributed by atoms with E-state index in [1.54, 1.807) is 13.8 Å². The maximum Gasteiger partial charge on any atom is 0.416 e. The van der Waals surface area contributed by atoms with Gasteiger partial charge in [0.25, 0.3) is 5.91 Å². The Labute approximate surface area is 194 Å². The second-order valence-electron chi connectivity index (χ2n) is 7.65. The molecule has 0 saturated heterocycles. The minimum absolute atomic E-state index is 0.00510. The van der Waals surface area contributed by atoms with Crippen LogP contribution in [0.25, 0.3) is 16.7 Å². The Bertz CT molecular complexity index is 1470. The van der Waals surface area contributed by atoms with Gasteiger partial charge in [-0.15, -0.1) is 0 Å². The van der Waals surface area contributed by atoms with Gasteiger partial charge in [-0.05, 0) is 31.5 Å². The molecule has 1 amide bonds. The Morgan fingerprint density at radius 3 is 2.51 bits per heavy atom. The van der Waals surface area contributed by atoms with Crippen molar-refractivity contribution in [3.05, 3.63) is 70.7 Å². The van der Waals surface area contributed by atoms with Crippen LogP contribution in [0.15, 0.2) is 36.4 Å². The Morgan fingerprint density at radius 1 is 1.11 bits per heavy atom. The highest BCUT2D eigenvalue weighted by molar-refractivity contribution is 5.95. The number of hydrogen-bond acceptors (Lipinski definition) is 6. The van der Waals surface area contributed by atoms with Crippen molar-refractivity contribution >= 4 is 28.4 Å². The summed E-state index contributed by atoms with van der Waals surface area (Å²) in [6.07, 6.45) is -6.77. The van der Waals surface area contributed by atoms with Crippen LogP contribution < -0.4 is 11.1 Å². The molecule has 0 spiro atoms. The number of nitrogen functional groups attached to an aromatic ring is 1. The van der Waals surface area contributed by atoms with E-state index in [1.807, 2.05) is 5.32 Å². The van der Waals surface area contributed by atoms with E-state index >= 15 is 0 Å². The number of amides is 1. The molecule has 0 radical (unpaired) electrons. The van der Waals surface area contributed by atoms with E-state index in [9.17, 15) is 31.9 Å². The molecule has 0 saturated carbocycles. The number of nitrogens with one attached hydrogen (secondary N) is 1. The Hall–Kier alpha value is -4.13. The van der Waals surface area contributed by atoms with Crippen molar-refractivity contribution in [1.29, 1.82) is 0 Å². The summed E-state index contributed by atoms with van der Waals surface area (Å²) in [5.41, 5.74) is 4.37. The lowest BCUT2D eigenvalue weighted by molar-refractivity contribution is -0.138. The summed E-state index contributed by atoms with van der Waals surface area (Å²) in [6.45, 7) is 3.21. The van der Waals surface area contributed by atoms with Gasteiger partial charge in [-0.2, -0.15) is 18.3 Å². The van der Waals surface area contributed by atoms with Crippen molar-refractivity contribution in [2.75, 3.05) is 11.1 Å². The SMILES string of the molecule is Cc1nc(N)c2c(n1)c(C)nn2-c1cc(F)c(NC(=O)[C@H](O)c2cccc(C(F)(F)F)c2)cc1F. The number of carbonyl (C=O) groups is 1. The number of aliphatic hydroxyl groups is 1. The van der Waals surface area contributed by atoms with Crippen molar-refractivity contribution in [2.24, 2.45) is 0 Å². The number of halogens is 5. The molecule has 8 nitrogen and oxygen atoms in total. The highest BCUT2D eigenvalue weighted by atomic mass is 19.4. The fourth-order valence-corrected chi connectivity index (χ4v) is 3.50. The molecule has 0 unspecified atom stereocenters. The number of hydrogen-bond donors (Lipinski definition) is 3. The fourth-order valence-electron chi connectivity index (χ4n) is 3.50. The van der Waals surface area contributed by atoms with Crippen molar-refractivity contribution in [3.8, 4) is 5.69 Å². The van der Waals surface area contributed by atoms with Crippen LogP contribution >= 0.6 is 0 Å². The quantitative estimate of drug-likeness (QED) is 0.371. The number of fused-ring (bicyclic) bond motifs is 1. The smallest absolute Gasteiger partial charge is 0.382 e. The summed E-state index contributed by atoms with van der Waals surface area (Å²) in [7, 11) is 0. The first kappa shape index (κ1) is 24.0. The largest absolute Gasteiger partial charge is 0.416 e. The van der Waals surface area contributed by atoms with Crippen molar-refractivity contribution in [1.82, 2.24) is 19.7 Å². The van der Waals surface area contributed by atoms with Crippen LogP contribution in [-0.2, 0) is 11.0 Å². The van der Waals surface area contributed by atoms with Gasteiger partial charge in [-0.1, -0.05) is 12.1 Å². The van der Waals surface area contributed by atoms with E-state index in [1.165, 1.54) is 0 Å². The zero-order valence-electron chi connectivity index (χ0n) is 18.2. The van der Waals surface area contributed by atoms with Gasteiger partial charge >= 0.3 is 6.18 Å². The number of alkyl halides is 3. The average Bonchev–Trinajstić information content (AvgIpc) is 3.11. The number of nitrogens with two attached hydrogens (primary N) is 1. The third-order valence-corrected chi connectivity index (χ3v) is 5.13. The van der Waals surface area contributed by atoms with Crippen LogP contribution in [0, 0.1) is 25.5 Å². The molecule has 4 aromatic rings. The maximum absolute atomic E-state index is 15.0. The van der Waals surface area contributed by atoms with Gasteiger partial charge < -0.3 is 16.2 Å². The molecule has 2 aromatic heterocycles. The minimum atomic E-state index is -4.70. The number of aromatic nitrogens is 4. The summed E-state index contributed by atoms with van der Waals surface area (Å²) in [5.74, 6) is -3.02. The third-order valence-electron chi connectivity index (χ3n) is 5.13. The van der Waals surface area contributed by atoms with E-state index in [0.717, 1.165) is 28.9 Å². The highest BCUT2D eigenvalue weighted by Crippen LogP contribution is 2.32. The average molecular weight is 492 g/mol. The van der Waals surface area contributed by atoms with Gasteiger partial charge in [0.1, 0.15) is 28.4 Å². The second kappa shape index (κ2) is 8.58. The molecule has 2 aromatic carbocycles. The minimum Gasteiger partial charge on any atom is -0.382 e. The van der Waals surface area contributed by atoms with Crippen LogP contribution in [0.2, 0.25) is 0 Å². The van der Waals surface area contributed by atoms with Crippen LogP contribution in [0.4, 0.5) is 33.5 Å². The molecule has 0 fully saturated rings. The van der Waals surface area contributed by atoms with Crippen LogP contribution in [0.3, 0.4) is 0 Å². The number of benzene rings is 2. The lowest BCUT2D eigenvalue weighted by atomic mass is 10.0. The molecule has 4 N–H and O–H groups in total. The summed E-state index contributed by atoms with van der Waals surface area (Å²) in [6, 6.07) is 4.85. The number of nitrogens with zero attached hydrogens (tertiary/aromatic N) is 4. The number of aryl methyl sites for hydroxylation is 2. The Morgan fingerprint density at radius 2 is 1.83 bits per heavy atom. The lowest BCUT2D eigenvalue weighted by Gasteiger charge is -2.15. The molecule has 0 bridgehead atoms. The monoisotopic (exact) mass is 492 g/mol. The zero-order chi connectivity index (χ0) is 25.7. The van der Waals surface area contributed by atoms with Gasteiger partial charge in [0.05, 0.1) is 16.9 Å². The van der Waals surface area contributed by atoms with Crippen molar-refractivity contribution in [2.45, 2.75) is 26.1 Å². The molecule has 2 heterocycles. The van der Waals surface area contributed by atoms with Gasteiger partial charge in [-0.3, -0.25) is 4.79 Å². The lowest BCUT2D eigenvalue weighted by Crippen LogP contribution is -2.22. The summed E-state index contributed by atoms with van der Waals surface area (Å²) in [4.78, 5) is 20.6. The fraction of sp³-hybridized carbons (Fsp3) is 0.182. The van der Waals surface area contributed by atoms with Gasteiger partial charge in [0.15, 0.2) is 17.7 Å². The van der Waals surface area contributed by atoms with E-state index in [-0.39, 0.29) is 22.6 Å². The third kappa shape index (κ3) is 4.49. The first-order valence-electron chi connectivity index (χ1n) is 10.0. The van der Waals surface area contributed by atoms with Crippen LogP contribution in [0.1, 0.15) is 28.7 Å². The Kier molecular flexibility index (Phi) is 5.88. The number of carbonyl (C=O) groups excluding carboxylic acids is 1. The van der Waals surface area contributed by atoms with E-state index in [0.29, 0.717) is 29.2 Å². The van der Waals surface area contributed by atoms with E-state index in [4.69, 9.17) is 5.73 Å². The van der Waals surface area contributed by atoms with Crippen molar-refractivity contribution in [3.63, 3.8) is 0 Å². The van der Waals surface area contributed by atoms with E-state index < -0.39 is 41.1 Å². The van der Waals surface area contributed by atoms with Crippen LogP contribution in [-0.4, -0.2) is 30.8 Å². The highest BCUT2D eigenvalue weighted by Gasteiger charge is 2.31. The molecule has 182 valence electrons. The molecular formula is C22H17F5N6O2. The molecule has 0 aliphatic heterocycles. The summed E-state index contributed by atoms with van der Waals surface area (Å²) in [5, 5.41) is 16.3. The second-order valence-corrected chi connectivity index (χ2v) is 7.65. The van der Waals surface area contributed by atoms with Gasteiger partial charge in [-0.25, -0.2) is 23.4 Å². The molecule has 35 heavy (non-hydrogen) atoms. The summed E-state index contributed by atoms with van der Waals surface area (Å²) >= 11 is 0. The number of anilines is 2. The normalized spacial score (nSPS) is 12.7. The molecule has 13 heteroatoms. The standard InChI is InChI=1S/C22H17F5N6O2/c1-9-17-18(20(28)30-10(2)29-17)33(32-9)16-8-13(23)15(7-14(16)24)31-21(35)19(34)11-4-3-5-12(6-11)22(25,26)27/h3-8,19,34H,1-2H3,(H,31,35)(H2,28,29,30)/t19-/m1/s1. The van der Waals surface area contributed by atoms with Crippen molar-refractivity contribution < 1.29 is 31.9 Å². The number of rotatable bonds is 4. The van der Waals surface area contributed by atoms with Gasteiger partial charge in [0.2, 0.25) is 0 Å². The number of aliphatic hydroxyl groups excluding tert-OH is 1. The molecule has 0 aliphatic carbocycles. The maximum atomic E-state index is 15.0. The molecular weight excluding hydrogens is 475 g/mol. The molecule has 4 rings (SSSR count). The molecule has 0 aliphatic rings. The van der Waals surface area contributed by atoms with E-state index in [2.05, 4.69) is 15.1 Å². The predicted octanol–water partition coefficient (Wildman–Crippen LogP) is 3.98. The summed E-state index contributed by atoms with van der Waals surface area (Å²) < 4.78 is 69.5. The zero-order valence-corrected chi connectivity index (χ0v) is 18.2. The van der Waals surface area contributed by atoms with Gasteiger partial charge in [0, 0.05) is 12.1 Å². The Balaban J connectivity index is 1.65. The molecule has 1 atom stereocenters. The predicted molar refractivity (Wildman–Crippen MR) is 115 cm³/mol. The first-order chi connectivity index (χ1) is 16.4.